The van der Waals surface area contributed by atoms with E-state index in [0.717, 1.165) is 0 Å². The molecule has 6 nitrogen and oxygen atoms in total. The Labute approximate surface area is 158 Å². The first kappa shape index (κ1) is 20.7. The Balaban J connectivity index is 1.84. The summed E-state index contributed by atoms with van der Waals surface area (Å²) in [6, 6.07) is 10.7. The summed E-state index contributed by atoms with van der Waals surface area (Å²) in [5, 5.41) is 16.0. The van der Waals surface area contributed by atoms with Gasteiger partial charge in [-0.3, -0.25) is 4.79 Å². The van der Waals surface area contributed by atoms with Gasteiger partial charge in [-0.05, 0) is 36.8 Å². The number of benzene rings is 2. The van der Waals surface area contributed by atoms with Crippen molar-refractivity contribution in [2.75, 3.05) is 26.1 Å². The van der Waals surface area contributed by atoms with E-state index in [4.69, 9.17) is 9.47 Å². The largest absolute Gasteiger partial charge is 0.497 e. The van der Waals surface area contributed by atoms with Crippen LogP contribution < -0.4 is 20.1 Å². The van der Waals surface area contributed by atoms with Crippen LogP contribution in [0.5, 0.6) is 11.5 Å². The van der Waals surface area contributed by atoms with Gasteiger partial charge in [0, 0.05) is 25.1 Å². The zero-order valence-electron chi connectivity index (χ0n) is 15.7. The molecule has 146 valence electrons. The van der Waals surface area contributed by atoms with E-state index in [-0.39, 0.29) is 30.7 Å². The number of hydrogen-bond acceptors (Lipinski definition) is 5. The first-order valence-electron chi connectivity index (χ1n) is 8.61. The van der Waals surface area contributed by atoms with E-state index in [1.807, 2.05) is 6.92 Å². The van der Waals surface area contributed by atoms with Crippen LogP contribution in [0.2, 0.25) is 0 Å². The Hall–Kier alpha value is -2.64. The molecule has 0 aromatic heterocycles. The highest BCUT2D eigenvalue weighted by atomic mass is 19.1. The summed E-state index contributed by atoms with van der Waals surface area (Å²) in [5.74, 6) is 0.609. The van der Waals surface area contributed by atoms with Gasteiger partial charge in [0.15, 0.2) is 0 Å². The summed E-state index contributed by atoms with van der Waals surface area (Å²) < 4.78 is 23.3. The fourth-order valence-corrected chi connectivity index (χ4v) is 2.57. The van der Waals surface area contributed by atoms with Gasteiger partial charge < -0.3 is 25.2 Å². The second-order valence-corrected chi connectivity index (χ2v) is 6.20. The first-order valence-corrected chi connectivity index (χ1v) is 8.61. The van der Waals surface area contributed by atoms with Crippen molar-refractivity contribution in [3.63, 3.8) is 0 Å². The van der Waals surface area contributed by atoms with Crippen molar-refractivity contribution in [1.82, 2.24) is 5.32 Å². The van der Waals surface area contributed by atoms with Crippen LogP contribution in [0.25, 0.3) is 0 Å². The van der Waals surface area contributed by atoms with Crippen LogP contribution in [-0.2, 0) is 4.79 Å². The second kappa shape index (κ2) is 9.89. The van der Waals surface area contributed by atoms with Crippen LogP contribution in [0.1, 0.15) is 25.0 Å². The van der Waals surface area contributed by atoms with Gasteiger partial charge in [0.2, 0.25) is 5.91 Å². The monoisotopic (exact) mass is 376 g/mol. The van der Waals surface area contributed by atoms with Crippen LogP contribution >= 0.6 is 0 Å². The second-order valence-electron chi connectivity index (χ2n) is 6.20. The zero-order chi connectivity index (χ0) is 19.8. The van der Waals surface area contributed by atoms with Gasteiger partial charge in [-0.25, -0.2) is 4.39 Å². The van der Waals surface area contributed by atoms with Gasteiger partial charge in [-0.1, -0.05) is 12.1 Å². The van der Waals surface area contributed by atoms with Crippen LogP contribution in [-0.4, -0.2) is 37.8 Å². The molecule has 2 rings (SSSR count). The SMILES string of the molecule is COc1ccc(NC(=O)CC(C)NCC(O)c2ccc(F)cc2)c(OC)c1. The molecule has 2 aromatic carbocycles. The zero-order valence-corrected chi connectivity index (χ0v) is 15.7. The van der Waals surface area contributed by atoms with E-state index in [1.54, 1.807) is 25.3 Å². The Morgan fingerprint density at radius 3 is 2.48 bits per heavy atom. The fourth-order valence-electron chi connectivity index (χ4n) is 2.57. The summed E-state index contributed by atoms with van der Waals surface area (Å²) in [6.45, 7) is 2.11. The normalized spacial score (nSPS) is 12.9. The quantitative estimate of drug-likeness (QED) is 0.627. The number of anilines is 1. The maximum absolute atomic E-state index is 12.9. The smallest absolute Gasteiger partial charge is 0.226 e. The molecular weight excluding hydrogens is 351 g/mol. The van der Waals surface area contributed by atoms with Crippen LogP contribution in [0.4, 0.5) is 10.1 Å². The number of aliphatic hydroxyl groups excluding tert-OH is 1. The predicted octanol–water partition coefficient (Wildman–Crippen LogP) is 2.88. The van der Waals surface area contributed by atoms with Crippen molar-refractivity contribution in [3.05, 3.63) is 53.8 Å². The van der Waals surface area contributed by atoms with Crippen molar-refractivity contribution in [2.45, 2.75) is 25.5 Å². The summed E-state index contributed by atoms with van der Waals surface area (Å²) in [6.07, 6.45) is -0.566. The van der Waals surface area contributed by atoms with E-state index in [0.29, 0.717) is 22.7 Å². The molecule has 0 aliphatic carbocycles. The fraction of sp³-hybridized carbons (Fsp3) is 0.350. The molecule has 2 unspecified atom stereocenters. The van der Waals surface area contributed by atoms with Gasteiger partial charge in [0.05, 0.1) is 26.0 Å². The average Bonchev–Trinajstić information content (AvgIpc) is 2.66. The maximum atomic E-state index is 12.9. The van der Waals surface area contributed by atoms with Gasteiger partial charge in [-0.2, -0.15) is 0 Å². The lowest BCUT2D eigenvalue weighted by molar-refractivity contribution is -0.116. The Morgan fingerprint density at radius 2 is 1.85 bits per heavy atom. The highest BCUT2D eigenvalue weighted by Gasteiger charge is 2.14. The number of ether oxygens (including phenoxy) is 2. The van der Waals surface area contributed by atoms with Gasteiger partial charge in [-0.15, -0.1) is 0 Å². The highest BCUT2D eigenvalue weighted by molar-refractivity contribution is 5.92. The number of rotatable bonds is 9. The van der Waals surface area contributed by atoms with Crippen molar-refractivity contribution in [3.8, 4) is 11.5 Å². The minimum absolute atomic E-state index is 0.163. The van der Waals surface area contributed by atoms with Crippen molar-refractivity contribution < 1.29 is 23.8 Å². The number of amides is 1. The Morgan fingerprint density at radius 1 is 1.15 bits per heavy atom. The predicted molar refractivity (Wildman–Crippen MR) is 102 cm³/mol. The minimum Gasteiger partial charge on any atom is -0.497 e. The van der Waals surface area contributed by atoms with Crippen LogP contribution in [0.3, 0.4) is 0 Å². The number of methoxy groups -OCH3 is 2. The molecule has 0 aliphatic heterocycles. The molecule has 7 heteroatoms. The maximum Gasteiger partial charge on any atom is 0.226 e. The summed E-state index contributed by atoms with van der Waals surface area (Å²) in [5.41, 5.74) is 1.17. The summed E-state index contributed by atoms with van der Waals surface area (Å²) in [4.78, 5) is 12.3. The molecule has 0 saturated carbocycles. The molecule has 0 heterocycles. The highest BCUT2D eigenvalue weighted by Crippen LogP contribution is 2.29. The third-order valence-corrected chi connectivity index (χ3v) is 4.09. The standard InChI is InChI=1S/C20H25FN2O4/c1-13(22-12-18(24)14-4-6-15(21)7-5-14)10-20(25)23-17-9-8-16(26-2)11-19(17)27-3/h4-9,11,13,18,22,24H,10,12H2,1-3H3,(H,23,25). The molecule has 0 aliphatic rings. The molecule has 27 heavy (non-hydrogen) atoms. The third-order valence-electron chi connectivity index (χ3n) is 4.09. The van der Waals surface area contributed by atoms with E-state index in [2.05, 4.69) is 10.6 Å². The Kier molecular flexibility index (Phi) is 7.57. The van der Waals surface area contributed by atoms with E-state index in [9.17, 15) is 14.3 Å². The van der Waals surface area contributed by atoms with Gasteiger partial charge >= 0.3 is 0 Å². The molecule has 0 bridgehead atoms. The molecule has 0 radical (unpaired) electrons. The molecule has 1 amide bonds. The van der Waals surface area contributed by atoms with Gasteiger partial charge in [0.25, 0.3) is 0 Å². The number of nitrogens with one attached hydrogen (secondary N) is 2. The van der Waals surface area contributed by atoms with Gasteiger partial charge in [0.1, 0.15) is 17.3 Å². The number of carbonyl (C=O) groups excluding carboxylic acids is 1. The topological polar surface area (TPSA) is 79.8 Å². The minimum atomic E-state index is -0.780. The summed E-state index contributed by atoms with van der Waals surface area (Å²) in [7, 11) is 3.08. The lowest BCUT2D eigenvalue weighted by atomic mass is 10.1. The molecule has 2 atom stereocenters. The summed E-state index contributed by atoms with van der Waals surface area (Å²) >= 11 is 0. The van der Waals surface area contributed by atoms with Crippen LogP contribution in [0.15, 0.2) is 42.5 Å². The molecular formula is C20H25FN2O4. The lowest BCUT2D eigenvalue weighted by Crippen LogP contribution is -2.33. The first-order chi connectivity index (χ1) is 12.9. The number of carbonyl (C=O) groups is 1. The van der Waals surface area contributed by atoms with Crippen molar-refractivity contribution in [1.29, 1.82) is 0 Å². The molecule has 0 saturated heterocycles. The van der Waals surface area contributed by atoms with Crippen LogP contribution in [0, 0.1) is 5.82 Å². The molecule has 3 N–H and O–H groups in total. The van der Waals surface area contributed by atoms with E-state index >= 15 is 0 Å². The molecule has 0 spiro atoms. The number of aliphatic hydroxyl groups is 1. The average molecular weight is 376 g/mol. The van der Waals surface area contributed by atoms with E-state index < -0.39 is 6.10 Å². The lowest BCUT2D eigenvalue weighted by Gasteiger charge is -2.18. The Bertz CT molecular complexity index is 752. The van der Waals surface area contributed by atoms with Crippen molar-refractivity contribution >= 4 is 11.6 Å². The molecule has 2 aromatic rings. The number of hydrogen-bond donors (Lipinski definition) is 3. The third kappa shape index (κ3) is 6.23. The van der Waals surface area contributed by atoms with E-state index in [1.165, 1.54) is 31.4 Å². The van der Waals surface area contributed by atoms with Crippen molar-refractivity contribution in [2.24, 2.45) is 0 Å². The number of halogens is 1. The molecule has 0 fully saturated rings.